The maximum absolute atomic E-state index is 10.1. The van der Waals surface area contributed by atoms with Crippen molar-refractivity contribution in [3.8, 4) is 18.2 Å². The van der Waals surface area contributed by atoms with Gasteiger partial charge in [-0.05, 0) is 12.8 Å². The summed E-state index contributed by atoms with van der Waals surface area (Å²) >= 11 is 0. The Bertz CT molecular complexity index is 872. The van der Waals surface area contributed by atoms with Gasteiger partial charge in [0, 0.05) is 5.56 Å². The van der Waals surface area contributed by atoms with Crippen molar-refractivity contribution in [2.24, 2.45) is 22.7 Å². The van der Waals surface area contributed by atoms with E-state index in [4.69, 9.17) is 14.9 Å². The van der Waals surface area contributed by atoms with E-state index >= 15 is 0 Å². The molecule has 2 fully saturated rings. The zero-order chi connectivity index (χ0) is 19.3. The van der Waals surface area contributed by atoms with Crippen LogP contribution in [0.4, 0.5) is 0 Å². The van der Waals surface area contributed by atoms with Crippen molar-refractivity contribution in [2.45, 2.75) is 39.6 Å². The second-order valence-electron chi connectivity index (χ2n) is 7.42. The molecule has 0 amide bonds. The van der Waals surface area contributed by atoms with Gasteiger partial charge in [-0.1, -0.05) is 50.6 Å². The lowest BCUT2D eigenvalue weighted by Crippen LogP contribution is -2.62. The van der Waals surface area contributed by atoms with Gasteiger partial charge in [-0.15, -0.1) is 0 Å². The lowest BCUT2D eigenvalue weighted by atomic mass is 9.53. The molecule has 2 saturated heterocycles. The molecule has 2 bridgehead atoms. The first-order valence-corrected chi connectivity index (χ1v) is 8.52. The molecule has 6 nitrogen and oxygen atoms in total. The Kier molecular flexibility index (Phi) is 3.83. The van der Waals surface area contributed by atoms with Gasteiger partial charge in [-0.3, -0.25) is 5.41 Å². The van der Waals surface area contributed by atoms with Gasteiger partial charge in [0.15, 0.2) is 10.8 Å². The summed E-state index contributed by atoms with van der Waals surface area (Å²) in [7, 11) is 0. The van der Waals surface area contributed by atoms with E-state index in [1.54, 1.807) is 6.92 Å². The molecular formula is C20H20N4O2. The third kappa shape index (κ3) is 1.79. The molecule has 0 saturated carbocycles. The topological polar surface area (TPSA) is 114 Å². The zero-order valence-corrected chi connectivity index (χ0v) is 15.2. The van der Waals surface area contributed by atoms with Crippen LogP contribution in [-0.4, -0.2) is 12.0 Å². The van der Waals surface area contributed by atoms with Crippen LogP contribution in [0.5, 0.6) is 0 Å². The van der Waals surface area contributed by atoms with E-state index in [1.165, 1.54) is 0 Å². The Morgan fingerprint density at radius 1 is 1.08 bits per heavy atom. The highest BCUT2D eigenvalue weighted by Crippen LogP contribution is 2.66. The summed E-state index contributed by atoms with van der Waals surface area (Å²) in [6.07, 6.45) is -0.877. The van der Waals surface area contributed by atoms with Gasteiger partial charge < -0.3 is 9.47 Å². The number of hydrogen-bond acceptors (Lipinski definition) is 6. The number of ether oxygens (including phenoxy) is 2. The molecule has 0 spiro atoms. The first kappa shape index (κ1) is 17.9. The van der Waals surface area contributed by atoms with Gasteiger partial charge in [-0.25, -0.2) is 0 Å². The van der Waals surface area contributed by atoms with E-state index in [9.17, 15) is 15.8 Å². The molecule has 4 unspecified atom stereocenters. The smallest absolute Gasteiger partial charge is 0.243 e. The predicted octanol–water partition coefficient (Wildman–Crippen LogP) is 3.39. The van der Waals surface area contributed by atoms with Crippen molar-refractivity contribution >= 4 is 5.90 Å². The van der Waals surface area contributed by atoms with Crippen molar-refractivity contribution in [1.29, 1.82) is 21.2 Å². The van der Waals surface area contributed by atoms with E-state index in [0.717, 1.165) is 5.56 Å². The van der Waals surface area contributed by atoms with Crippen LogP contribution >= 0.6 is 0 Å². The molecule has 2 heterocycles. The second kappa shape index (κ2) is 5.56. The van der Waals surface area contributed by atoms with Crippen LogP contribution in [0.2, 0.25) is 0 Å². The molecule has 2 aliphatic heterocycles. The molecule has 2 aliphatic rings. The van der Waals surface area contributed by atoms with E-state index in [2.05, 4.69) is 6.07 Å². The minimum atomic E-state index is -1.82. The standard InChI is InChI=1S/C20H20N4O2/c1-12(2)16-18(9-21,10-22)19(11-23)14(4)20(25-16,26-17(19)24)15-7-5-13(3)6-8-15/h5-8,12,14,16,24H,1-4H3. The maximum Gasteiger partial charge on any atom is 0.243 e. The van der Waals surface area contributed by atoms with Gasteiger partial charge >= 0.3 is 0 Å². The molecule has 6 heteroatoms. The predicted molar refractivity (Wildman–Crippen MR) is 92.2 cm³/mol. The fourth-order valence-corrected chi connectivity index (χ4v) is 4.31. The van der Waals surface area contributed by atoms with Crippen molar-refractivity contribution in [3.05, 3.63) is 35.4 Å². The summed E-state index contributed by atoms with van der Waals surface area (Å²) in [5, 5.41) is 38.4. The Morgan fingerprint density at radius 2 is 1.65 bits per heavy atom. The van der Waals surface area contributed by atoms with Crippen LogP contribution in [0.3, 0.4) is 0 Å². The monoisotopic (exact) mass is 348 g/mol. The molecule has 3 rings (SSSR count). The third-order valence-corrected chi connectivity index (χ3v) is 5.77. The second-order valence-corrected chi connectivity index (χ2v) is 7.42. The van der Waals surface area contributed by atoms with Gasteiger partial charge in [-0.2, -0.15) is 15.8 Å². The lowest BCUT2D eigenvalue weighted by molar-refractivity contribution is -0.294. The third-order valence-electron chi connectivity index (χ3n) is 5.77. The summed E-state index contributed by atoms with van der Waals surface area (Å²) in [6, 6.07) is 13.7. The SMILES string of the molecule is Cc1ccc(C23OC(=N)C(C#N)(C2C)C(C#N)(C#N)C(C(C)C)O3)cc1. The number of nitrogens with zero attached hydrogens (tertiary/aromatic N) is 3. The van der Waals surface area contributed by atoms with E-state index < -0.39 is 28.6 Å². The first-order valence-electron chi connectivity index (χ1n) is 8.52. The molecule has 132 valence electrons. The quantitative estimate of drug-likeness (QED) is 0.880. The summed E-state index contributed by atoms with van der Waals surface area (Å²) in [4.78, 5) is 0. The summed E-state index contributed by atoms with van der Waals surface area (Å²) in [5.41, 5.74) is -1.80. The van der Waals surface area contributed by atoms with E-state index in [-0.39, 0.29) is 11.8 Å². The van der Waals surface area contributed by atoms with Crippen molar-refractivity contribution < 1.29 is 9.47 Å². The largest absolute Gasteiger partial charge is 0.443 e. The van der Waals surface area contributed by atoms with Gasteiger partial charge in [0.2, 0.25) is 11.7 Å². The minimum Gasteiger partial charge on any atom is -0.443 e. The summed E-state index contributed by atoms with van der Waals surface area (Å²) < 4.78 is 12.2. The number of nitrogens with one attached hydrogen (secondary N) is 1. The average molecular weight is 348 g/mol. The highest BCUT2D eigenvalue weighted by molar-refractivity contribution is 5.89. The van der Waals surface area contributed by atoms with Crippen molar-refractivity contribution in [1.82, 2.24) is 0 Å². The fraction of sp³-hybridized carbons (Fsp3) is 0.500. The van der Waals surface area contributed by atoms with Crippen molar-refractivity contribution in [2.75, 3.05) is 0 Å². The van der Waals surface area contributed by atoms with Crippen LogP contribution in [0.15, 0.2) is 24.3 Å². The minimum absolute atomic E-state index is 0.228. The number of aryl methyl sites for hydroxylation is 1. The van der Waals surface area contributed by atoms with Crippen LogP contribution < -0.4 is 0 Å². The molecular weight excluding hydrogens is 328 g/mol. The molecule has 0 aliphatic carbocycles. The Balaban J connectivity index is 2.33. The highest BCUT2D eigenvalue weighted by atomic mass is 16.7. The van der Waals surface area contributed by atoms with Gasteiger partial charge in [0.25, 0.3) is 0 Å². The molecule has 0 radical (unpaired) electrons. The van der Waals surface area contributed by atoms with E-state index in [0.29, 0.717) is 5.56 Å². The van der Waals surface area contributed by atoms with Crippen LogP contribution in [0, 0.1) is 69.0 Å². The lowest BCUT2D eigenvalue weighted by Gasteiger charge is -2.50. The molecule has 26 heavy (non-hydrogen) atoms. The molecule has 0 aromatic heterocycles. The first-order chi connectivity index (χ1) is 12.3. The normalized spacial score (nSPS) is 34.5. The zero-order valence-electron chi connectivity index (χ0n) is 15.2. The Morgan fingerprint density at radius 3 is 2.12 bits per heavy atom. The molecule has 1 N–H and O–H groups in total. The van der Waals surface area contributed by atoms with Crippen LogP contribution in [0.1, 0.15) is 31.9 Å². The highest BCUT2D eigenvalue weighted by Gasteiger charge is 2.79. The molecule has 1 aromatic carbocycles. The summed E-state index contributed by atoms with van der Waals surface area (Å²) in [5.74, 6) is -2.68. The Labute approximate surface area is 153 Å². The Hall–Kier alpha value is -2.88. The maximum atomic E-state index is 10.1. The van der Waals surface area contributed by atoms with Crippen molar-refractivity contribution in [3.63, 3.8) is 0 Å². The van der Waals surface area contributed by atoms with E-state index in [1.807, 2.05) is 57.2 Å². The fourth-order valence-electron chi connectivity index (χ4n) is 4.31. The average Bonchev–Trinajstić information content (AvgIpc) is 2.78. The number of rotatable bonds is 2. The van der Waals surface area contributed by atoms with Gasteiger partial charge in [0.1, 0.15) is 0 Å². The van der Waals surface area contributed by atoms with Gasteiger partial charge in [0.05, 0.1) is 30.2 Å². The molecule has 1 aromatic rings. The number of nitriles is 3. The van der Waals surface area contributed by atoms with Crippen LogP contribution in [-0.2, 0) is 15.3 Å². The van der Waals surface area contributed by atoms with Crippen LogP contribution in [0.25, 0.3) is 0 Å². The summed E-state index contributed by atoms with van der Waals surface area (Å²) in [6.45, 7) is 7.34. The molecule has 4 atom stereocenters. The number of fused-ring (bicyclic) bond motifs is 2. The number of hydrogen-bond donors (Lipinski definition) is 1. The number of benzene rings is 1.